The second-order valence-electron chi connectivity index (χ2n) is 7.22. The van der Waals surface area contributed by atoms with Crippen molar-refractivity contribution in [3.05, 3.63) is 47.5 Å². The molecule has 1 N–H and O–H groups in total. The van der Waals surface area contributed by atoms with E-state index < -0.39 is 0 Å². The number of benzene rings is 1. The van der Waals surface area contributed by atoms with Gasteiger partial charge in [0.05, 0.1) is 31.6 Å². The van der Waals surface area contributed by atoms with E-state index in [9.17, 15) is 4.79 Å². The fourth-order valence-electron chi connectivity index (χ4n) is 3.63. The Kier molecular flexibility index (Phi) is 4.72. The number of carbonyl (C=O) groups is 1. The number of imidazole rings is 1. The van der Waals surface area contributed by atoms with Gasteiger partial charge >= 0.3 is 5.97 Å². The number of anilines is 1. The zero-order valence-electron chi connectivity index (χ0n) is 14.5. The molecule has 0 spiro atoms. The van der Waals surface area contributed by atoms with E-state index in [0.717, 1.165) is 37.2 Å². The van der Waals surface area contributed by atoms with Crippen LogP contribution in [0, 0.1) is 5.92 Å². The van der Waals surface area contributed by atoms with Crippen molar-refractivity contribution in [1.82, 2.24) is 9.97 Å². The molecule has 4 rings (SSSR count). The Hall–Kier alpha value is -2.30. The van der Waals surface area contributed by atoms with Crippen LogP contribution in [0.3, 0.4) is 0 Å². The Balaban J connectivity index is 1.42. The number of fused-ring (bicyclic) bond motifs is 1. The molecular formula is C20H25N3O2. The minimum Gasteiger partial charge on any atom is -0.465 e. The highest BCUT2D eigenvalue weighted by Crippen LogP contribution is 2.30. The van der Waals surface area contributed by atoms with Crippen LogP contribution in [0.5, 0.6) is 0 Å². The van der Waals surface area contributed by atoms with Gasteiger partial charge in [0.1, 0.15) is 0 Å². The summed E-state index contributed by atoms with van der Waals surface area (Å²) in [5.41, 5.74) is 4.74. The third kappa shape index (κ3) is 3.86. The molecule has 1 aliphatic heterocycles. The zero-order valence-corrected chi connectivity index (χ0v) is 14.5. The predicted octanol–water partition coefficient (Wildman–Crippen LogP) is 3.25. The number of aryl methyl sites for hydroxylation is 1. The number of aromatic nitrogens is 2. The molecule has 0 atom stereocenters. The van der Waals surface area contributed by atoms with E-state index in [4.69, 9.17) is 4.74 Å². The topological polar surface area (TPSA) is 58.2 Å². The fourth-order valence-corrected chi connectivity index (χ4v) is 3.63. The van der Waals surface area contributed by atoms with E-state index in [1.165, 1.54) is 30.5 Å². The molecule has 0 unspecified atom stereocenters. The van der Waals surface area contributed by atoms with Crippen molar-refractivity contribution in [3.8, 4) is 0 Å². The van der Waals surface area contributed by atoms with Gasteiger partial charge in [0.2, 0.25) is 0 Å². The third-order valence-corrected chi connectivity index (χ3v) is 5.33. The van der Waals surface area contributed by atoms with E-state index in [1.807, 2.05) is 6.20 Å². The Labute approximate surface area is 148 Å². The molecule has 2 aromatic rings. The number of hydrogen-bond donors (Lipinski definition) is 1. The second-order valence-corrected chi connectivity index (χ2v) is 7.22. The van der Waals surface area contributed by atoms with Crippen LogP contribution in [0.4, 0.5) is 5.69 Å². The lowest BCUT2D eigenvalue weighted by Crippen LogP contribution is -2.29. The number of aromatic amines is 1. The van der Waals surface area contributed by atoms with Crippen LogP contribution < -0.4 is 4.90 Å². The monoisotopic (exact) mass is 339 g/mol. The standard InChI is InChI=1S/C20H25N3O2/c24-20(25-13-15-3-1-4-15)10-16-6-7-17-5-2-8-23(19(17)9-16)12-18-11-21-14-22-18/h6-7,9,11,14-15H,1-5,8,10,12-13H2,(H,21,22). The molecule has 0 radical (unpaired) electrons. The minimum atomic E-state index is -0.109. The van der Waals surface area contributed by atoms with Crippen LogP contribution >= 0.6 is 0 Å². The molecule has 1 aromatic heterocycles. The van der Waals surface area contributed by atoms with E-state index in [-0.39, 0.29) is 5.97 Å². The van der Waals surface area contributed by atoms with Crippen molar-refractivity contribution in [3.63, 3.8) is 0 Å². The lowest BCUT2D eigenvalue weighted by molar-refractivity contribution is -0.145. The molecule has 1 fully saturated rings. The van der Waals surface area contributed by atoms with Crippen LogP contribution in [0.2, 0.25) is 0 Å². The first-order chi connectivity index (χ1) is 12.3. The van der Waals surface area contributed by atoms with E-state index in [2.05, 4.69) is 33.1 Å². The van der Waals surface area contributed by atoms with Crippen molar-refractivity contribution in [2.75, 3.05) is 18.1 Å². The highest BCUT2D eigenvalue weighted by Gasteiger charge is 2.21. The number of nitrogens with zero attached hydrogens (tertiary/aromatic N) is 2. The van der Waals surface area contributed by atoms with Crippen molar-refractivity contribution in [2.45, 2.75) is 45.1 Å². The molecule has 5 heteroatoms. The SMILES string of the molecule is O=C(Cc1ccc2c(c1)N(Cc1cnc[nH]1)CCC2)OCC1CCC1. The molecule has 2 heterocycles. The van der Waals surface area contributed by atoms with Crippen molar-refractivity contribution in [2.24, 2.45) is 5.92 Å². The second kappa shape index (κ2) is 7.30. The summed E-state index contributed by atoms with van der Waals surface area (Å²) in [5, 5.41) is 0. The molecule has 0 bridgehead atoms. The summed E-state index contributed by atoms with van der Waals surface area (Å²) in [4.78, 5) is 21.8. The fraction of sp³-hybridized carbons (Fsp3) is 0.500. The Bertz CT molecular complexity index is 723. The van der Waals surface area contributed by atoms with Crippen molar-refractivity contribution < 1.29 is 9.53 Å². The van der Waals surface area contributed by atoms with Crippen LogP contribution in [-0.4, -0.2) is 29.1 Å². The molecule has 1 aromatic carbocycles. The van der Waals surface area contributed by atoms with Gasteiger partial charge in [-0.25, -0.2) is 4.98 Å². The van der Waals surface area contributed by atoms with Gasteiger partial charge in [-0.2, -0.15) is 0 Å². The maximum Gasteiger partial charge on any atom is 0.310 e. The number of rotatable bonds is 6. The summed E-state index contributed by atoms with van der Waals surface area (Å²) in [6.45, 7) is 2.44. The van der Waals surface area contributed by atoms with Crippen molar-refractivity contribution >= 4 is 11.7 Å². The quantitative estimate of drug-likeness (QED) is 0.821. The Morgan fingerprint density at radius 3 is 3.00 bits per heavy atom. The third-order valence-electron chi connectivity index (χ3n) is 5.33. The van der Waals surface area contributed by atoms with Crippen LogP contribution in [0.25, 0.3) is 0 Å². The van der Waals surface area contributed by atoms with Gasteiger partial charge in [-0.15, -0.1) is 0 Å². The van der Waals surface area contributed by atoms with E-state index in [0.29, 0.717) is 18.9 Å². The van der Waals surface area contributed by atoms with Gasteiger partial charge in [-0.05, 0) is 48.8 Å². The van der Waals surface area contributed by atoms with Gasteiger partial charge in [0.25, 0.3) is 0 Å². The van der Waals surface area contributed by atoms with Gasteiger partial charge in [0.15, 0.2) is 0 Å². The van der Waals surface area contributed by atoms with Crippen LogP contribution in [-0.2, 0) is 28.9 Å². The molecule has 132 valence electrons. The number of carbonyl (C=O) groups excluding carboxylic acids is 1. The summed E-state index contributed by atoms with van der Waals surface area (Å²) in [6.07, 6.45) is 9.89. The van der Waals surface area contributed by atoms with Gasteiger partial charge < -0.3 is 14.6 Å². The first-order valence-corrected chi connectivity index (χ1v) is 9.27. The summed E-state index contributed by atoms with van der Waals surface area (Å²) in [6, 6.07) is 6.40. The van der Waals surface area contributed by atoms with E-state index in [1.54, 1.807) is 6.33 Å². The van der Waals surface area contributed by atoms with Gasteiger partial charge in [-0.1, -0.05) is 18.6 Å². The normalized spacial score (nSPS) is 17.0. The summed E-state index contributed by atoms with van der Waals surface area (Å²) >= 11 is 0. The molecular weight excluding hydrogens is 314 g/mol. The molecule has 1 aliphatic carbocycles. The zero-order chi connectivity index (χ0) is 17.1. The summed E-state index contributed by atoms with van der Waals surface area (Å²) < 4.78 is 5.44. The number of nitrogens with one attached hydrogen (secondary N) is 1. The number of hydrogen-bond acceptors (Lipinski definition) is 4. The largest absolute Gasteiger partial charge is 0.465 e. The molecule has 1 saturated carbocycles. The molecule has 25 heavy (non-hydrogen) atoms. The van der Waals surface area contributed by atoms with Crippen LogP contribution in [0.15, 0.2) is 30.7 Å². The van der Waals surface area contributed by atoms with Crippen LogP contribution in [0.1, 0.15) is 42.5 Å². The summed E-state index contributed by atoms with van der Waals surface area (Å²) in [7, 11) is 0. The average Bonchev–Trinajstić information content (AvgIpc) is 3.07. The minimum absolute atomic E-state index is 0.109. The Morgan fingerprint density at radius 1 is 1.32 bits per heavy atom. The van der Waals surface area contributed by atoms with E-state index >= 15 is 0 Å². The maximum atomic E-state index is 12.1. The van der Waals surface area contributed by atoms with Gasteiger partial charge in [0, 0.05) is 18.4 Å². The Morgan fingerprint density at radius 2 is 2.24 bits per heavy atom. The lowest BCUT2D eigenvalue weighted by Gasteiger charge is -2.31. The molecule has 5 nitrogen and oxygen atoms in total. The first kappa shape index (κ1) is 16.2. The van der Waals surface area contributed by atoms with Crippen molar-refractivity contribution in [1.29, 1.82) is 0 Å². The molecule has 0 amide bonds. The number of ether oxygens (including phenoxy) is 1. The maximum absolute atomic E-state index is 12.1. The molecule has 0 saturated heterocycles. The highest BCUT2D eigenvalue weighted by atomic mass is 16.5. The predicted molar refractivity (Wildman–Crippen MR) is 96.4 cm³/mol. The lowest BCUT2D eigenvalue weighted by atomic mass is 9.86. The first-order valence-electron chi connectivity index (χ1n) is 9.27. The number of esters is 1. The van der Waals surface area contributed by atoms with Gasteiger partial charge in [-0.3, -0.25) is 4.79 Å². The summed E-state index contributed by atoms with van der Waals surface area (Å²) in [5.74, 6) is 0.486. The molecule has 2 aliphatic rings. The smallest absolute Gasteiger partial charge is 0.310 e. The number of H-pyrrole nitrogens is 1. The highest BCUT2D eigenvalue weighted by molar-refractivity contribution is 5.73. The average molecular weight is 339 g/mol.